The molecule has 86 valence electrons. The predicted octanol–water partition coefficient (Wildman–Crippen LogP) is 2.39. The number of fused-ring (bicyclic) bond motifs is 1. The second-order valence-corrected chi connectivity index (χ2v) is 7.07. The van der Waals surface area contributed by atoms with Crippen molar-refractivity contribution in [3.05, 3.63) is 0 Å². The lowest BCUT2D eigenvalue weighted by atomic mass is 10.0. The topological polar surface area (TPSA) is 6.48 Å². The van der Waals surface area contributed by atoms with Crippen LogP contribution in [0, 0.1) is 17.8 Å². The van der Waals surface area contributed by atoms with E-state index in [1.807, 2.05) is 0 Å². The van der Waals surface area contributed by atoms with Crippen LogP contribution < -0.4 is 0 Å². The lowest BCUT2D eigenvalue weighted by molar-refractivity contribution is 0.237. The van der Waals surface area contributed by atoms with Gasteiger partial charge in [0.2, 0.25) is 0 Å². The molecule has 1 saturated carbocycles. The van der Waals surface area contributed by atoms with Crippen LogP contribution in [0.4, 0.5) is 0 Å². The second kappa shape index (κ2) is 4.49. The number of piperidine rings is 1. The fourth-order valence-corrected chi connectivity index (χ4v) is 4.24. The summed E-state index contributed by atoms with van der Waals surface area (Å²) in [5.41, 5.74) is 0. The highest BCUT2D eigenvalue weighted by atomic mass is 127. The molecule has 3 atom stereocenters. The van der Waals surface area contributed by atoms with Gasteiger partial charge in [-0.3, -0.25) is 0 Å². The van der Waals surface area contributed by atoms with E-state index in [1.54, 1.807) is 6.42 Å². The molecular formula is C12H21IN2. The summed E-state index contributed by atoms with van der Waals surface area (Å²) in [4.78, 5) is 2.74. The van der Waals surface area contributed by atoms with Crippen molar-refractivity contribution in [1.82, 2.24) is 8.01 Å². The zero-order valence-electron chi connectivity index (χ0n) is 9.37. The summed E-state index contributed by atoms with van der Waals surface area (Å²) >= 11 is 2.51. The summed E-state index contributed by atoms with van der Waals surface area (Å²) in [6.45, 7) is 6.85. The molecule has 0 aromatic rings. The molecule has 0 amide bonds. The highest BCUT2D eigenvalue weighted by molar-refractivity contribution is 14.1. The van der Waals surface area contributed by atoms with Gasteiger partial charge >= 0.3 is 0 Å². The largest absolute Gasteiger partial charge is 0.302 e. The predicted molar refractivity (Wildman–Crippen MR) is 71.0 cm³/mol. The SMILES string of the molecule is IN1CCCCC(CN2CC3CC3C2)C1. The summed E-state index contributed by atoms with van der Waals surface area (Å²) < 4.78 is 2.51. The van der Waals surface area contributed by atoms with E-state index in [9.17, 15) is 0 Å². The fourth-order valence-electron chi connectivity index (χ4n) is 3.34. The normalized spacial score (nSPS) is 42.6. The summed E-state index contributed by atoms with van der Waals surface area (Å²) in [5.74, 6) is 3.15. The van der Waals surface area contributed by atoms with Crippen molar-refractivity contribution in [2.24, 2.45) is 17.8 Å². The van der Waals surface area contributed by atoms with E-state index < -0.39 is 0 Å². The van der Waals surface area contributed by atoms with E-state index in [-0.39, 0.29) is 0 Å². The van der Waals surface area contributed by atoms with Crippen LogP contribution in [-0.4, -0.2) is 40.7 Å². The monoisotopic (exact) mass is 320 g/mol. The van der Waals surface area contributed by atoms with Crippen molar-refractivity contribution >= 4 is 22.9 Å². The molecule has 0 spiro atoms. The van der Waals surface area contributed by atoms with Gasteiger partial charge in [-0.2, -0.15) is 0 Å². The standard InChI is InChI=1S/C12H21IN2/c13-15-4-2-1-3-10(7-15)6-14-8-11-5-12(11)9-14/h10-12H,1-9H2. The number of nitrogens with zero attached hydrogens (tertiary/aromatic N) is 2. The molecule has 2 nitrogen and oxygen atoms in total. The average molecular weight is 320 g/mol. The smallest absolute Gasteiger partial charge is 0.0201 e. The van der Waals surface area contributed by atoms with Gasteiger partial charge in [0, 0.05) is 55.6 Å². The molecule has 1 aliphatic carbocycles. The van der Waals surface area contributed by atoms with Crippen LogP contribution in [0.2, 0.25) is 0 Å². The Morgan fingerprint density at radius 2 is 1.87 bits per heavy atom. The van der Waals surface area contributed by atoms with Crippen molar-refractivity contribution in [2.75, 3.05) is 32.7 Å². The molecule has 3 fully saturated rings. The number of likely N-dealkylation sites (tertiary alicyclic amines) is 1. The quantitative estimate of drug-likeness (QED) is 0.569. The van der Waals surface area contributed by atoms with Gasteiger partial charge in [-0.15, -0.1) is 0 Å². The molecule has 3 heteroatoms. The highest BCUT2D eigenvalue weighted by Crippen LogP contribution is 2.45. The van der Waals surface area contributed by atoms with Crippen molar-refractivity contribution in [3.8, 4) is 0 Å². The third kappa shape index (κ3) is 2.67. The van der Waals surface area contributed by atoms with Gasteiger partial charge in [0.1, 0.15) is 0 Å². The van der Waals surface area contributed by atoms with Crippen LogP contribution in [0.3, 0.4) is 0 Å². The molecule has 3 aliphatic rings. The highest BCUT2D eigenvalue weighted by Gasteiger charge is 2.45. The van der Waals surface area contributed by atoms with Crippen LogP contribution in [0.15, 0.2) is 0 Å². The Labute approximate surface area is 107 Å². The summed E-state index contributed by atoms with van der Waals surface area (Å²) in [5, 5.41) is 0. The van der Waals surface area contributed by atoms with Gasteiger partial charge in [0.05, 0.1) is 0 Å². The second-order valence-electron chi connectivity index (χ2n) is 5.71. The molecule has 3 unspecified atom stereocenters. The van der Waals surface area contributed by atoms with Crippen molar-refractivity contribution in [2.45, 2.75) is 25.7 Å². The van der Waals surface area contributed by atoms with Crippen molar-refractivity contribution in [3.63, 3.8) is 0 Å². The van der Waals surface area contributed by atoms with Gasteiger partial charge in [-0.1, -0.05) is 6.42 Å². The third-order valence-corrected chi connectivity index (χ3v) is 5.17. The number of halogens is 1. The first kappa shape index (κ1) is 10.8. The molecule has 0 radical (unpaired) electrons. The molecule has 0 bridgehead atoms. The molecular weight excluding hydrogens is 299 g/mol. The zero-order valence-corrected chi connectivity index (χ0v) is 11.5. The van der Waals surface area contributed by atoms with Gasteiger partial charge < -0.3 is 4.90 Å². The van der Waals surface area contributed by atoms with Crippen LogP contribution in [0.1, 0.15) is 25.7 Å². The summed E-state index contributed by atoms with van der Waals surface area (Å²) in [7, 11) is 0. The molecule has 2 aliphatic heterocycles. The van der Waals surface area contributed by atoms with Gasteiger partial charge in [0.25, 0.3) is 0 Å². The number of hydrogen-bond acceptors (Lipinski definition) is 2. The van der Waals surface area contributed by atoms with E-state index in [2.05, 4.69) is 30.9 Å². The Kier molecular flexibility index (Phi) is 3.23. The minimum atomic E-state index is 0.946. The molecule has 15 heavy (non-hydrogen) atoms. The minimum Gasteiger partial charge on any atom is -0.302 e. The van der Waals surface area contributed by atoms with E-state index in [4.69, 9.17) is 0 Å². The molecule has 2 heterocycles. The van der Waals surface area contributed by atoms with Gasteiger partial charge in [-0.25, -0.2) is 3.11 Å². The number of hydrogen-bond donors (Lipinski definition) is 0. The zero-order chi connectivity index (χ0) is 10.3. The van der Waals surface area contributed by atoms with Gasteiger partial charge in [-0.05, 0) is 37.0 Å². The Bertz CT molecular complexity index is 224. The number of rotatable bonds is 2. The van der Waals surface area contributed by atoms with E-state index in [1.165, 1.54) is 52.0 Å². The first-order valence-electron chi connectivity index (χ1n) is 6.44. The lowest BCUT2D eigenvalue weighted by Crippen LogP contribution is -2.32. The van der Waals surface area contributed by atoms with Crippen LogP contribution in [0.5, 0.6) is 0 Å². The first-order valence-corrected chi connectivity index (χ1v) is 7.41. The third-order valence-electron chi connectivity index (χ3n) is 4.29. The summed E-state index contributed by atoms with van der Waals surface area (Å²) in [6.07, 6.45) is 5.86. The fraction of sp³-hybridized carbons (Fsp3) is 1.00. The maximum Gasteiger partial charge on any atom is 0.0201 e. The Hall–Kier alpha value is 0.650. The minimum absolute atomic E-state index is 0.946. The summed E-state index contributed by atoms with van der Waals surface area (Å²) in [6, 6.07) is 0. The van der Waals surface area contributed by atoms with Gasteiger partial charge in [0.15, 0.2) is 0 Å². The van der Waals surface area contributed by atoms with E-state index >= 15 is 0 Å². The maximum atomic E-state index is 2.74. The van der Waals surface area contributed by atoms with E-state index in [0.717, 1.165) is 17.8 Å². The Morgan fingerprint density at radius 1 is 1.07 bits per heavy atom. The van der Waals surface area contributed by atoms with Crippen LogP contribution in [-0.2, 0) is 0 Å². The van der Waals surface area contributed by atoms with Crippen molar-refractivity contribution in [1.29, 1.82) is 0 Å². The first-order chi connectivity index (χ1) is 7.31. The molecule has 0 N–H and O–H groups in total. The Morgan fingerprint density at radius 3 is 2.67 bits per heavy atom. The van der Waals surface area contributed by atoms with Crippen LogP contribution >= 0.6 is 22.9 Å². The Balaban J connectivity index is 1.48. The van der Waals surface area contributed by atoms with E-state index in [0.29, 0.717) is 0 Å². The van der Waals surface area contributed by atoms with Crippen molar-refractivity contribution < 1.29 is 0 Å². The molecule has 2 saturated heterocycles. The lowest BCUT2D eigenvalue weighted by Gasteiger charge is -2.25. The molecule has 0 aromatic heterocycles. The average Bonchev–Trinajstić information content (AvgIpc) is 2.86. The molecule has 0 aromatic carbocycles. The van der Waals surface area contributed by atoms with Crippen LogP contribution in [0.25, 0.3) is 0 Å². The molecule has 3 rings (SSSR count). The maximum absolute atomic E-state index is 2.74.